The molecule has 0 saturated carbocycles. The summed E-state index contributed by atoms with van der Waals surface area (Å²) in [6.45, 7) is 6.03. The fraction of sp³-hybridized carbons (Fsp3) is 0.273. The summed E-state index contributed by atoms with van der Waals surface area (Å²) >= 11 is 0. The molecule has 0 aliphatic carbocycles. The molecule has 0 fully saturated rings. The van der Waals surface area contributed by atoms with Crippen LogP contribution in [-0.4, -0.2) is 7.11 Å². The lowest BCUT2D eigenvalue weighted by atomic mass is 10.1. The number of hydrogen-bond acceptors (Lipinski definition) is 2. The summed E-state index contributed by atoms with van der Waals surface area (Å²) in [7, 11) is 1.69. The Labute approximate surface area is 78.2 Å². The highest BCUT2D eigenvalue weighted by Gasteiger charge is 2.19. The van der Waals surface area contributed by atoms with Gasteiger partial charge in [-0.25, -0.2) is 0 Å². The molecule has 2 nitrogen and oxygen atoms in total. The molecule has 1 aliphatic rings. The van der Waals surface area contributed by atoms with Crippen molar-refractivity contribution < 1.29 is 4.74 Å². The number of fused-ring (bicyclic) bond motifs is 1. The molecule has 0 bridgehead atoms. The van der Waals surface area contributed by atoms with Crippen molar-refractivity contribution in [3.05, 3.63) is 35.5 Å². The lowest BCUT2D eigenvalue weighted by Crippen LogP contribution is -1.92. The number of ether oxygens (including phenoxy) is 1. The van der Waals surface area contributed by atoms with Crippen molar-refractivity contribution in [2.75, 3.05) is 12.4 Å². The van der Waals surface area contributed by atoms with Crippen molar-refractivity contribution in [3.8, 4) is 5.75 Å². The minimum atomic E-state index is 0.902. The monoisotopic (exact) mass is 175 g/mol. The van der Waals surface area contributed by atoms with Crippen LogP contribution in [-0.2, 0) is 6.42 Å². The zero-order valence-corrected chi connectivity index (χ0v) is 7.98. The highest BCUT2D eigenvalue weighted by atomic mass is 16.5. The number of allylic oxidation sites excluding steroid dienone is 1. The van der Waals surface area contributed by atoms with E-state index in [2.05, 4.69) is 24.9 Å². The first-order chi connectivity index (χ1) is 6.22. The van der Waals surface area contributed by atoms with Crippen LogP contribution in [0.25, 0.3) is 0 Å². The third-order valence-electron chi connectivity index (χ3n) is 2.42. The summed E-state index contributed by atoms with van der Waals surface area (Å²) in [5.74, 6) is 0.902. The van der Waals surface area contributed by atoms with Crippen LogP contribution in [0.1, 0.15) is 11.1 Å². The first kappa shape index (κ1) is 8.17. The summed E-state index contributed by atoms with van der Waals surface area (Å²) in [5.41, 5.74) is 4.74. The number of rotatable bonds is 1. The molecule has 13 heavy (non-hydrogen) atoms. The van der Waals surface area contributed by atoms with Gasteiger partial charge in [-0.3, -0.25) is 0 Å². The zero-order chi connectivity index (χ0) is 9.42. The Kier molecular flexibility index (Phi) is 1.76. The molecule has 0 atom stereocenters. The van der Waals surface area contributed by atoms with Gasteiger partial charge < -0.3 is 10.1 Å². The Bertz CT molecular complexity index is 369. The molecule has 0 aromatic heterocycles. The summed E-state index contributed by atoms with van der Waals surface area (Å²) in [6.07, 6.45) is 0.915. The second-order valence-corrected chi connectivity index (χ2v) is 3.34. The second kappa shape index (κ2) is 2.80. The van der Waals surface area contributed by atoms with E-state index < -0.39 is 0 Å². The van der Waals surface area contributed by atoms with Gasteiger partial charge in [-0.2, -0.15) is 0 Å². The Balaban J connectivity index is 2.58. The van der Waals surface area contributed by atoms with Crippen molar-refractivity contribution in [3.63, 3.8) is 0 Å². The van der Waals surface area contributed by atoms with Gasteiger partial charge in [0.15, 0.2) is 0 Å². The van der Waals surface area contributed by atoms with Crippen molar-refractivity contribution in [1.29, 1.82) is 0 Å². The fourth-order valence-electron chi connectivity index (χ4n) is 1.70. The van der Waals surface area contributed by atoms with Crippen molar-refractivity contribution in [2.24, 2.45) is 0 Å². The summed E-state index contributed by atoms with van der Waals surface area (Å²) in [6, 6.07) is 4.07. The maximum atomic E-state index is 5.26. The molecule has 2 rings (SSSR count). The standard InChI is InChI=1S/C11H13NO/c1-7-4-5-10(13-3)11-9(7)6-8(2)12-11/h4-5,12H,2,6H2,1,3H3. The van der Waals surface area contributed by atoms with Gasteiger partial charge in [-0.15, -0.1) is 0 Å². The normalized spacial score (nSPS) is 13.8. The van der Waals surface area contributed by atoms with E-state index >= 15 is 0 Å². The van der Waals surface area contributed by atoms with Gasteiger partial charge in [-0.05, 0) is 24.1 Å². The molecule has 1 aliphatic heterocycles. The average Bonchev–Trinajstić information content (AvgIpc) is 2.48. The molecule has 1 aromatic rings. The predicted octanol–water partition coefficient (Wildman–Crippen LogP) is 2.49. The van der Waals surface area contributed by atoms with Crippen LogP contribution in [0.15, 0.2) is 24.4 Å². The topological polar surface area (TPSA) is 21.3 Å². The Morgan fingerprint density at radius 2 is 2.23 bits per heavy atom. The summed E-state index contributed by atoms with van der Waals surface area (Å²) in [5, 5.41) is 3.24. The van der Waals surface area contributed by atoms with E-state index in [-0.39, 0.29) is 0 Å². The van der Waals surface area contributed by atoms with Crippen LogP contribution >= 0.6 is 0 Å². The maximum absolute atomic E-state index is 5.26. The summed E-state index contributed by atoms with van der Waals surface area (Å²) < 4.78 is 5.26. The molecule has 0 amide bonds. The largest absolute Gasteiger partial charge is 0.495 e. The Hall–Kier alpha value is -1.44. The second-order valence-electron chi connectivity index (χ2n) is 3.34. The molecule has 2 heteroatoms. The molecule has 1 N–H and O–H groups in total. The quantitative estimate of drug-likeness (QED) is 0.708. The van der Waals surface area contributed by atoms with Gasteiger partial charge in [0.25, 0.3) is 0 Å². The van der Waals surface area contributed by atoms with Crippen LogP contribution in [0.5, 0.6) is 5.75 Å². The van der Waals surface area contributed by atoms with Gasteiger partial charge in [0.1, 0.15) is 5.75 Å². The van der Waals surface area contributed by atoms with Gasteiger partial charge in [0, 0.05) is 12.1 Å². The van der Waals surface area contributed by atoms with Crippen molar-refractivity contribution in [2.45, 2.75) is 13.3 Å². The van der Waals surface area contributed by atoms with Gasteiger partial charge in [0.05, 0.1) is 12.8 Å². The molecule has 68 valence electrons. The van der Waals surface area contributed by atoms with E-state index in [1.807, 2.05) is 6.07 Å². The third-order valence-corrected chi connectivity index (χ3v) is 2.42. The van der Waals surface area contributed by atoms with Gasteiger partial charge >= 0.3 is 0 Å². The van der Waals surface area contributed by atoms with Crippen LogP contribution in [0.4, 0.5) is 5.69 Å². The highest BCUT2D eigenvalue weighted by molar-refractivity contribution is 5.71. The molecule has 0 radical (unpaired) electrons. The molecule has 0 unspecified atom stereocenters. The summed E-state index contributed by atoms with van der Waals surface area (Å²) in [4.78, 5) is 0. The number of benzene rings is 1. The van der Waals surface area contributed by atoms with Gasteiger partial charge in [-0.1, -0.05) is 12.6 Å². The average molecular weight is 175 g/mol. The molecule has 1 heterocycles. The number of methoxy groups -OCH3 is 1. The maximum Gasteiger partial charge on any atom is 0.142 e. The van der Waals surface area contributed by atoms with E-state index in [1.54, 1.807) is 7.11 Å². The molecule has 1 aromatic carbocycles. The predicted molar refractivity (Wildman–Crippen MR) is 54.2 cm³/mol. The van der Waals surface area contributed by atoms with Crippen LogP contribution < -0.4 is 10.1 Å². The minimum absolute atomic E-state index is 0.902. The Morgan fingerprint density at radius 3 is 2.92 bits per heavy atom. The highest BCUT2D eigenvalue weighted by Crippen LogP contribution is 2.37. The fourth-order valence-corrected chi connectivity index (χ4v) is 1.70. The number of anilines is 1. The van der Waals surface area contributed by atoms with Crippen LogP contribution in [0.3, 0.4) is 0 Å². The third kappa shape index (κ3) is 1.18. The van der Waals surface area contributed by atoms with Crippen LogP contribution in [0.2, 0.25) is 0 Å². The SMILES string of the molecule is C=C1Cc2c(C)ccc(OC)c2N1. The van der Waals surface area contributed by atoms with E-state index in [1.165, 1.54) is 11.1 Å². The van der Waals surface area contributed by atoms with E-state index in [4.69, 9.17) is 4.74 Å². The van der Waals surface area contributed by atoms with Crippen LogP contribution in [0, 0.1) is 6.92 Å². The van der Waals surface area contributed by atoms with Crippen molar-refractivity contribution in [1.82, 2.24) is 0 Å². The molecule has 0 saturated heterocycles. The first-order valence-corrected chi connectivity index (χ1v) is 4.33. The lowest BCUT2D eigenvalue weighted by molar-refractivity contribution is 0.416. The van der Waals surface area contributed by atoms with E-state index in [0.29, 0.717) is 0 Å². The molecular weight excluding hydrogens is 162 g/mol. The lowest BCUT2D eigenvalue weighted by Gasteiger charge is -2.08. The van der Waals surface area contributed by atoms with Crippen molar-refractivity contribution >= 4 is 5.69 Å². The van der Waals surface area contributed by atoms with E-state index in [9.17, 15) is 0 Å². The first-order valence-electron chi connectivity index (χ1n) is 4.33. The molecular formula is C11H13NO. The zero-order valence-electron chi connectivity index (χ0n) is 7.98. The minimum Gasteiger partial charge on any atom is -0.495 e. The number of aryl methyl sites for hydroxylation is 1. The van der Waals surface area contributed by atoms with E-state index in [0.717, 1.165) is 23.6 Å². The number of nitrogens with one attached hydrogen (secondary N) is 1. The smallest absolute Gasteiger partial charge is 0.142 e. The Morgan fingerprint density at radius 1 is 1.46 bits per heavy atom. The number of hydrogen-bond donors (Lipinski definition) is 1. The van der Waals surface area contributed by atoms with Gasteiger partial charge in [0.2, 0.25) is 0 Å². The molecule has 0 spiro atoms.